The molecule has 4 nitrogen and oxygen atoms in total. The summed E-state index contributed by atoms with van der Waals surface area (Å²) in [7, 11) is 1.68. The summed E-state index contributed by atoms with van der Waals surface area (Å²) >= 11 is 0. The van der Waals surface area contributed by atoms with Crippen molar-refractivity contribution in [3.8, 4) is 5.75 Å². The molecule has 0 aliphatic heterocycles. The highest BCUT2D eigenvalue weighted by Crippen LogP contribution is 2.21. The van der Waals surface area contributed by atoms with E-state index in [4.69, 9.17) is 4.74 Å². The maximum atomic E-state index is 5.27. The molecule has 0 spiro atoms. The first-order chi connectivity index (χ1) is 10.9. The Balaban J connectivity index is 1.79. The largest absolute Gasteiger partial charge is 0.497 e. The smallest absolute Gasteiger partial charge is 0.119 e. The molecule has 0 saturated heterocycles. The minimum Gasteiger partial charge on any atom is -0.497 e. The van der Waals surface area contributed by atoms with Gasteiger partial charge in [-0.2, -0.15) is 0 Å². The maximum absolute atomic E-state index is 5.27. The molecule has 112 valence electrons. The molecular weight excluding hydrogens is 274 g/mol. The fourth-order valence-electron chi connectivity index (χ4n) is 2.48. The second kappa shape index (κ2) is 6.91. The van der Waals surface area contributed by atoms with Crippen molar-refractivity contribution in [3.63, 3.8) is 0 Å². The van der Waals surface area contributed by atoms with Crippen molar-refractivity contribution < 1.29 is 4.74 Å². The maximum Gasteiger partial charge on any atom is 0.119 e. The molecule has 0 aliphatic rings. The van der Waals surface area contributed by atoms with Crippen molar-refractivity contribution in [3.05, 3.63) is 83.9 Å². The van der Waals surface area contributed by atoms with Crippen molar-refractivity contribution in [2.24, 2.45) is 0 Å². The van der Waals surface area contributed by atoms with E-state index < -0.39 is 0 Å². The highest BCUT2D eigenvalue weighted by Gasteiger charge is 2.14. The predicted molar refractivity (Wildman–Crippen MR) is 86.7 cm³/mol. The summed E-state index contributed by atoms with van der Waals surface area (Å²) in [4.78, 5) is 7.33. The number of rotatable bonds is 6. The van der Waals surface area contributed by atoms with E-state index in [0.717, 1.165) is 18.0 Å². The Labute approximate surface area is 130 Å². The van der Waals surface area contributed by atoms with Crippen molar-refractivity contribution >= 4 is 0 Å². The number of nitrogens with zero attached hydrogens (tertiary/aromatic N) is 1. The quantitative estimate of drug-likeness (QED) is 0.733. The molecule has 22 heavy (non-hydrogen) atoms. The predicted octanol–water partition coefficient (Wildman–Crippen LogP) is 3.30. The zero-order valence-electron chi connectivity index (χ0n) is 12.5. The average molecular weight is 293 g/mol. The first kappa shape index (κ1) is 14.4. The molecule has 0 fully saturated rings. The fourth-order valence-corrected chi connectivity index (χ4v) is 2.48. The van der Waals surface area contributed by atoms with E-state index in [0.29, 0.717) is 0 Å². The van der Waals surface area contributed by atoms with Crippen LogP contribution in [0.4, 0.5) is 0 Å². The van der Waals surface area contributed by atoms with Crippen LogP contribution in [0.2, 0.25) is 0 Å². The average Bonchev–Trinajstić information content (AvgIpc) is 3.10. The van der Waals surface area contributed by atoms with Crippen LogP contribution in [-0.4, -0.2) is 17.1 Å². The van der Waals surface area contributed by atoms with Gasteiger partial charge in [-0.15, -0.1) is 0 Å². The monoisotopic (exact) mass is 293 g/mol. The summed E-state index contributed by atoms with van der Waals surface area (Å²) in [6.07, 6.45) is 3.56. The second-order valence-corrected chi connectivity index (χ2v) is 5.08. The number of methoxy groups -OCH3 is 1. The van der Waals surface area contributed by atoms with Gasteiger partial charge in [0.1, 0.15) is 5.75 Å². The summed E-state index contributed by atoms with van der Waals surface area (Å²) < 4.78 is 5.27. The number of hydrogen-bond donors (Lipinski definition) is 2. The number of imidazole rings is 1. The lowest BCUT2D eigenvalue weighted by Gasteiger charge is -2.18. The van der Waals surface area contributed by atoms with E-state index >= 15 is 0 Å². The van der Waals surface area contributed by atoms with Gasteiger partial charge in [0.25, 0.3) is 0 Å². The van der Waals surface area contributed by atoms with Gasteiger partial charge in [0.05, 0.1) is 25.2 Å². The lowest BCUT2D eigenvalue weighted by Crippen LogP contribution is -2.22. The molecule has 3 aromatic rings. The molecule has 0 aliphatic carbocycles. The minimum absolute atomic E-state index is 0.0786. The van der Waals surface area contributed by atoms with Crippen molar-refractivity contribution in [2.45, 2.75) is 12.6 Å². The van der Waals surface area contributed by atoms with Gasteiger partial charge in [0.15, 0.2) is 0 Å². The molecule has 0 bridgehead atoms. The van der Waals surface area contributed by atoms with Crippen LogP contribution in [0.15, 0.2) is 67.1 Å². The molecule has 1 aromatic heterocycles. The Morgan fingerprint density at radius 1 is 1.14 bits per heavy atom. The number of benzene rings is 2. The number of ether oxygens (including phenoxy) is 1. The zero-order valence-corrected chi connectivity index (χ0v) is 12.5. The number of H-pyrrole nitrogens is 1. The van der Waals surface area contributed by atoms with E-state index in [2.05, 4.69) is 33.5 Å². The standard InChI is InChI=1S/C18H19N3O/c1-22-16-9-5-6-14(10-16)11-20-18(17-12-19-13-21-17)15-7-3-2-4-8-15/h2-10,12-13,18,20H,11H2,1H3,(H,19,21). The zero-order chi connectivity index (χ0) is 15.2. The van der Waals surface area contributed by atoms with Crippen LogP contribution in [0.25, 0.3) is 0 Å². The van der Waals surface area contributed by atoms with Gasteiger partial charge in [-0.3, -0.25) is 0 Å². The molecule has 2 N–H and O–H groups in total. The lowest BCUT2D eigenvalue weighted by molar-refractivity contribution is 0.414. The Bertz CT molecular complexity index is 695. The topological polar surface area (TPSA) is 49.9 Å². The van der Waals surface area contributed by atoms with Gasteiger partial charge >= 0.3 is 0 Å². The van der Waals surface area contributed by atoms with Gasteiger partial charge in [-0.1, -0.05) is 42.5 Å². The van der Waals surface area contributed by atoms with Crippen molar-refractivity contribution in [1.82, 2.24) is 15.3 Å². The molecule has 1 heterocycles. The molecule has 0 amide bonds. The number of nitrogens with one attached hydrogen (secondary N) is 2. The summed E-state index contributed by atoms with van der Waals surface area (Å²) in [5, 5.41) is 3.58. The van der Waals surface area contributed by atoms with E-state index in [-0.39, 0.29) is 6.04 Å². The molecule has 1 atom stereocenters. The third-order valence-corrected chi connectivity index (χ3v) is 3.61. The first-order valence-electron chi connectivity index (χ1n) is 7.26. The van der Waals surface area contributed by atoms with Crippen molar-refractivity contribution in [2.75, 3.05) is 7.11 Å². The normalized spacial score (nSPS) is 12.0. The van der Waals surface area contributed by atoms with Crippen LogP contribution < -0.4 is 10.1 Å². The van der Waals surface area contributed by atoms with Gasteiger partial charge in [-0.25, -0.2) is 4.98 Å². The Kier molecular flexibility index (Phi) is 4.51. The second-order valence-electron chi connectivity index (χ2n) is 5.08. The van der Waals surface area contributed by atoms with Crippen LogP contribution >= 0.6 is 0 Å². The fraction of sp³-hybridized carbons (Fsp3) is 0.167. The van der Waals surface area contributed by atoms with Crippen LogP contribution in [0.3, 0.4) is 0 Å². The SMILES string of the molecule is COc1cccc(CNC(c2ccccc2)c2cnc[nH]2)c1. The van der Waals surface area contributed by atoms with Crippen LogP contribution in [-0.2, 0) is 6.54 Å². The highest BCUT2D eigenvalue weighted by molar-refractivity contribution is 5.30. The van der Waals surface area contributed by atoms with Gasteiger partial charge in [0, 0.05) is 12.7 Å². The Hall–Kier alpha value is -2.59. The molecule has 0 radical (unpaired) electrons. The first-order valence-corrected chi connectivity index (χ1v) is 7.26. The van der Waals surface area contributed by atoms with Gasteiger partial charge in [-0.05, 0) is 23.3 Å². The van der Waals surface area contributed by atoms with Crippen LogP contribution in [0, 0.1) is 0 Å². The lowest BCUT2D eigenvalue weighted by atomic mass is 10.0. The molecule has 2 aromatic carbocycles. The number of hydrogen-bond acceptors (Lipinski definition) is 3. The summed E-state index contributed by atoms with van der Waals surface area (Å²) in [6, 6.07) is 18.5. The van der Waals surface area contributed by atoms with Crippen molar-refractivity contribution in [1.29, 1.82) is 0 Å². The Morgan fingerprint density at radius 2 is 2.00 bits per heavy atom. The third-order valence-electron chi connectivity index (χ3n) is 3.61. The van der Waals surface area contributed by atoms with E-state index in [9.17, 15) is 0 Å². The summed E-state index contributed by atoms with van der Waals surface area (Å²) in [5.41, 5.74) is 3.43. The molecular formula is C18H19N3O. The van der Waals surface area contributed by atoms with Gasteiger partial charge < -0.3 is 15.0 Å². The third kappa shape index (κ3) is 3.35. The van der Waals surface area contributed by atoms with E-state index in [1.165, 1.54) is 11.1 Å². The summed E-state index contributed by atoms with van der Waals surface area (Å²) in [5.74, 6) is 0.872. The minimum atomic E-state index is 0.0786. The summed E-state index contributed by atoms with van der Waals surface area (Å²) in [6.45, 7) is 0.746. The molecule has 3 rings (SSSR count). The van der Waals surface area contributed by atoms with E-state index in [1.54, 1.807) is 13.4 Å². The van der Waals surface area contributed by atoms with E-state index in [1.807, 2.05) is 42.6 Å². The highest BCUT2D eigenvalue weighted by atomic mass is 16.5. The molecule has 4 heteroatoms. The van der Waals surface area contributed by atoms with Crippen LogP contribution in [0.5, 0.6) is 5.75 Å². The number of aromatic nitrogens is 2. The molecule has 0 saturated carbocycles. The number of aromatic amines is 1. The molecule has 1 unspecified atom stereocenters. The van der Waals surface area contributed by atoms with Gasteiger partial charge in [0.2, 0.25) is 0 Å². The van der Waals surface area contributed by atoms with Crippen LogP contribution in [0.1, 0.15) is 22.9 Å². The Morgan fingerprint density at radius 3 is 2.73 bits per heavy atom.